The Labute approximate surface area is 115 Å². The smallest absolute Gasteiger partial charge is 0.185 e. The van der Waals surface area contributed by atoms with Crippen LogP contribution >= 0.6 is 11.3 Å². The van der Waals surface area contributed by atoms with Crippen molar-refractivity contribution in [3.8, 4) is 0 Å². The Morgan fingerprint density at radius 3 is 2.78 bits per heavy atom. The molecule has 18 heavy (non-hydrogen) atoms. The molecule has 1 heterocycles. The highest BCUT2D eigenvalue weighted by Crippen LogP contribution is 2.32. The normalized spacial score (nSPS) is 18.2. The molecule has 3 nitrogen and oxygen atoms in total. The first-order valence-corrected chi connectivity index (χ1v) is 8.03. The highest BCUT2D eigenvalue weighted by molar-refractivity contribution is 7.15. The third-order valence-electron chi connectivity index (χ3n) is 3.80. The standard InChI is InChI=1S/C14H25N3S/c1-4-15-11(3)13-10-16-14(18-13)17(5-2)12-8-6-7-9-12/h10-12,15H,4-9H2,1-3H3. The molecule has 1 unspecified atom stereocenters. The maximum Gasteiger partial charge on any atom is 0.185 e. The van der Waals surface area contributed by atoms with E-state index in [-0.39, 0.29) is 0 Å². The van der Waals surface area contributed by atoms with Gasteiger partial charge in [0.05, 0.1) is 0 Å². The molecule has 0 bridgehead atoms. The molecule has 102 valence electrons. The summed E-state index contributed by atoms with van der Waals surface area (Å²) in [6, 6.07) is 1.15. The maximum absolute atomic E-state index is 4.64. The Bertz CT molecular complexity index is 358. The van der Waals surface area contributed by atoms with Crippen molar-refractivity contribution in [2.24, 2.45) is 0 Å². The van der Waals surface area contributed by atoms with Gasteiger partial charge in [-0.2, -0.15) is 0 Å². The van der Waals surface area contributed by atoms with E-state index in [0.29, 0.717) is 6.04 Å². The largest absolute Gasteiger partial charge is 0.345 e. The molecule has 0 aromatic carbocycles. The minimum absolute atomic E-state index is 0.420. The van der Waals surface area contributed by atoms with Gasteiger partial charge in [0.15, 0.2) is 5.13 Å². The Balaban J connectivity index is 2.06. The summed E-state index contributed by atoms with van der Waals surface area (Å²) in [6.07, 6.45) is 7.49. The zero-order valence-electron chi connectivity index (χ0n) is 11.8. The van der Waals surface area contributed by atoms with Crippen LogP contribution in [0.3, 0.4) is 0 Å². The fourth-order valence-corrected chi connectivity index (χ4v) is 3.86. The van der Waals surface area contributed by atoms with Gasteiger partial charge in [0.25, 0.3) is 0 Å². The quantitative estimate of drug-likeness (QED) is 0.854. The van der Waals surface area contributed by atoms with Gasteiger partial charge < -0.3 is 10.2 Å². The number of thiazole rings is 1. The van der Waals surface area contributed by atoms with E-state index in [4.69, 9.17) is 0 Å². The van der Waals surface area contributed by atoms with E-state index >= 15 is 0 Å². The van der Waals surface area contributed by atoms with Crippen LogP contribution < -0.4 is 10.2 Å². The van der Waals surface area contributed by atoms with E-state index in [9.17, 15) is 0 Å². The van der Waals surface area contributed by atoms with Gasteiger partial charge in [-0.3, -0.25) is 0 Å². The molecule has 1 atom stereocenters. The Hall–Kier alpha value is -0.610. The van der Waals surface area contributed by atoms with Crippen LogP contribution in [-0.4, -0.2) is 24.1 Å². The monoisotopic (exact) mass is 267 g/mol. The number of anilines is 1. The Kier molecular flexibility index (Phi) is 5.01. The zero-order chi connectivity index (χ0) is 13.0. The summed E-state index contributed by atoms with van der Waals surface area (Å²) >= 11 is 1.85. The molecule has 1 N–H and O–H groups in total. The lowest BCUT2D eigenvalue weighted by molar-refractivity contribution is 0.606. The fourth-order valence-electron chi connectivity index (χ4n) is 2.78. The molecule has 1 aromatic heterocycles. The number of nitrogens with zero attached hydrogens (tertiary/aromatic N) is 2. The molecule has 0 aliphatic heterocycles. The van der Waals surface area contributed by atoms with Gasteiger partial charge in [-0.05, 0) is 33.2 Å². The van der Waals surface area contributed by atoms with Crippen LogP contribution in [0.25, 0.3) is 0 Å². The third-order valence-corrected chi connectivity index (χ3v) is 5.02. The van der Waals surface area contributed by atoms with Crippen molar-refractivity contribution in [3.05, 3.63) is 11.1 Å². The van der Waals surface area contributed by atoms with Crippen molar-refractivity contribution in [2.75, 3.05) is 18.0 Å². The summed E-state index contributed by atoms with van der Waals surface area (Å²) in [5.41, 5.74) is 0. The van der Waals surface area contributed by atoms with Crippen molar-refractivity contribution in [1.29, 1.82) is 0 Å². The third kappa shape index (κ3) is 3.04. The number of rotatable bonds is 6. The van der Waals surface area contributed by atoms with Crippen molar-refractivity contribution < 1.29 is 0 Å². The van der Waals surface area contributed by atoms with Gasteiger partial charge >= 0.3 is 0 Å². The molecule has 0 radical (unpaired) electrons. The lowest BCUT2D eigenvalue weighted by Gasteiger charge is -2.27. The predicted octanol–water partition coefficient (Wildman–Crippen LogP) is 3.58. The van der Waals surface area contributed by atoms with Crippen LogP contribution in [0.4, 0.5) is 5.13 Å². The van der Waals surface area contributed by atoms with Gasteiger partial charge in [-0.25, -0.2) is 4.98 Å². The van der Waals surface area contributed by atoms with Crippen LogP contribution in [0.1, 0.15) is 57.4 Å². The van der Waals surface area contributed by atoms with Crippen LogP contribution in [0, 0.1) is 0 Å². The van der Waals surface area contributed by atoms with E-state index in [1.165, 1.54) is 35.7 Å². The second-order valence-electron chi connectivity index (χ2n) is 5.05. The molecule has 1 fully saturated rings. The molecule has 4 heteroatoms. The van der Waals surface area contributed by atoms with Crippen molar-refractivity contribution in [1.82, 2.24) is 10.3 Å². The first kappa shape index (κ1) is 13.8. The lowest BCUT2D eigenvalue weighted by Crippen LogP contribution is -2.32. The average molecular weight is 267 g/mol. The van der Waals surface area contributed by atoms with Gasteiger partial charge in [0.2, 0.25) is 0 Å². The molecule has 0 spiro atoms. The van der Waals surface area contributed by atoms with E-state index < -0.39 is 0 Å². The Morgan fingerprint density at radius 1 is 1.44 bits per heavy atom. The van der Waals surface area contributed by atoms with Crippen LogP contribution in [0.2, 0.25) is 0 Å². The molecule has 2 rings (SSSR count). The van der Waals surface area contributed by atoms with Crippen molar-refractivity contribution >= 4 is 16.5 Å². The highest BCUT2D eigenvalue weighted by Gasteiger charge is 2.24. The van der Waals surface area contributed by atoms with Gasteiger partial charge in [-0.1, -0.05) is 19.8 Å². The second-order valence-corrected chi connectivity index (χ2v) is 6.09. The van der Waals surface area contributed by atoms with Crippen LogP contribution in [-0.2, 0) is 0 Å². The molecular formula is C14H25N3S. The van der Waals surface area contributed by atoms with E-state index in [1.807, 2.05) is 17.5 Å². The summed E-state index contributed by atoms with van der Waals surface area (Å²) in [4.78, 5) is 8.49. The molecule has 1 aliphatic rings. The average Bonchev–Trinajstić information content (AvgIpc) is 3.01. The van der Waals surface area contributed by atoms with E-state index in [2.05, 4.69) is 36.0 Å². The lowest BCUT2D eigenvalue weighted by atomic mass is 10.2. The van der Waals surface area contributed by atoms with Crippen molar-refractivity contribution in [2.45, 2.75) is 58.5 Å². The van der Waals surface area contributed by atoms with Crippen molar-refractivity contribution in [3.63, 3.8) is 0 Å². The number of hydrogen-bond acceptors (Lipinski definition) is 4. The molecule has 0 saturated heterocycles. The number of aromatic nitrogens is 1. The van der Waals surface area contributed by atoms with E-state index in [0.717, 1.165) is 19.1 Å². The van der Waals surface area contributed by atoms with Gasteiger partial charge in [0.1, 0.15) is 0 Å². The SMILES string of the molecule is CCNC(C)c1cnc(N(CC)C2CCCC2)s1. The first-order valence-electron chi connectivity index (χ1n) is 7.22. The second kappa shape index (κ2) is 6.53. The van der Waals surface area contributed by atoms with Gasteiger partial charge in [0, 0.05) is 29.7 Å². The summed E-state index contributed by atoms with van der Waals surface area (Å²) in [7, 11) is 0. The zero-order valence-corrected chi connectivity index (χ0v) is 12.6. The fraction of sp³-hybridized carbons (Fsp3) is 0.786. The summed E-state index contributed by atoms with van der Waals surface area (Å²) in [6.45, 7) is 8.69. The minimum atomic E-state index is 0.420. The van der Waals surface area contributed by atoms with Gasteiger partial charge in [-0.15, -0.1) is 11.3 Å². The predicted molar refractivity (Wildman–Crippen MR) is 79.5 cm³/mol. The number of hydrogen-bond donors (Lipinski definition) is 1. The maximum atomic E-state index is 4.64. The Morgan fingerprint density at radius 2 is 2.17 bits per heavy atom. The topological polar surface area (TPSA) is 28.2 Å². The van der Waals surface area contributed by atoms with E-state index in [1.54, 1.807) is 0 Å². The molecule has 1 aliphatic carbocycles. The highest BCUT2D eigenvalue weighted by atomic mass is 32.1. The molecule has 1 aromatic rings. The first-order chi connectivity index (χ1) is 8.76. The summed E-state index contributed by atoms with van der Waals surface area (Å²) in [5, 5.41) is 4.67. The minimum Gasteiger partial charge on any atom is -0.345 e. The molecular weight excluding hydrogens is 242 g/mol. The number of nitrogens with one attached hydrogen (secondary N) is 1. The molecule has 1 saturated carbocycles. The summed E-state index contributed by atoms with van der Waals surface area (Å²) in [5.74, 6) is 0. The van der Waals surface area contributed by atoms with Crippen LogP contribution in [0.5, 0.6) is 0 Å². The summed E-state index contributed by atoms with van der Waals surface area (Å²) < 4.78 is 0. The van der Waals surface area contributed by atoms with Crippen LogP contribution in [0.15, 0.2) is 6.20 Å². The molecule has 0 amide bonds.